The SMILES string of the molecule is COC(=O)COc1cc(N2CC(CCCNC(C)c3cccc4ccccc34)Cc3ccccc32)ccc1C. The molecule has 5 heteroatoms. The minimum atomic E-state index is -0.383. The number of carbonyl (C=O) groups excluding carboxylic acids is 1. The van der Waals surface area contributed by atoms with Gasteiger partial charge in [-0.1, -0.05) is 66.7 Å². The molecule has 5 rings (SSSR count). The van der Waals surface area contributed by atoms with E-state index < -0.39 is 0 Å². The van der Waals surface area contributed by atoms with Crippen molar-refractivity contribution in [1.82, 2.24) is 5.32 Å². The average Bonchev–Trinajstić information content (AvgIpc) is 2.98. The van der Waals surface area contributed by atoms with Gasteiger partial charge >= 0.3 is 5.97 Å². The van der Waals surface area contributed by atoms with Crippen molar-refractivity contribution in [3.8, 4) is 5.75 Å². The molecular formula is C34H38N2O3. The van der Waals surface area contributed by atoms with Crippen molar-refractivity contribution >= 4 is 28.1 Å². The highest BCUT2D eigenvalue weighted by Crippen LogP contribution is 2.38. The summed E-state index contributed by atoms with van der Waals surface area (Å²) in [6, 6.07) is 30.4. The highest BCUT2D eigenvalue weighted by molar-refractivity contribution is 5.86. The number of para-hydroxylation sites is 1. The van der Waals surface area contributed by atoms with E-state index in [0.29, 0.717) is 17.7 Å². The summed E-state index contributed by atoms with van der Waals surface area (Å²) in [6.45, 7) is 6.10. The minimum absolute atomic E-state index is 0.0931. The lowest BCUT2D eigenvalue weighted by molar-refractivity contribution is -0.142. The maximum absolute atomic E-state index is 11.6. The van der Waals surface area contributed by atoms with E-state index in [4.69, 9.17) is 9.47 Å². The van der Waals surface area contributed by atoms with E-state index in [2.05, 4.69) is 96.0 Å². The molecule has 1 heterocycles. The molecule has 0 fully saturated rings. The van der Waals surface area contributed by atoms with Crippen molar-refractivity contribution in [2.75, 3.05) is 31.7 Å². The number of anilines is 2. The lowest BCUT2D eigenvalue weighted by atomic mass is 9.88. The predicted molar refractivity (Wildman–Crippen MR) is 159 cm³/mol. The molecule has 2 unspecified atom stereocenters. The summed E-state index contributed by atoms with van der Waals surface area (Å²) >= 11 is 0. The summed E-state index contributed by atoms with van der Waals surface area (Å²) in [5.41, 5.74) is 6.06. The molecule has 0 spiro atoms. The molecule has 202 valence electrons. The Morgan fingerprint density at radius 2 is 1.82 bits per heavy atom. The van der Waals surface area contributed by atoms with Gasteiger partial charge < -0.3 is 19.7 Å². The fraction of sp³-hybridized carbons (Fsp3) is 0.324. The second-order valence-electron chi connectivity index (χ2n) is 10.5. The van der Waals surface area contributed by atoms with E-state index >= 15 is 0 Å². The van der Waals surface area contributed by atoms with E-state index in [1.807, 2.05) is 13.0 Å². The molecule has 1 N–H and O–H groups in total. The maximum Gasteiger partial charge on any atom is 0.343 e. The molecule has 0 aromatic heterocycles. The third-order valence-electron chi connectivity index (χ3n) is 7.82. The molecule has 4 aromatic carbocycles. The first-order chi connectivity index (χ1) is 19.0. The largest absolute Gasteiger partial charge is 0.482 e. The Bertz CT molecular complexity index is 1430. The molecule has 0 bridgehead atoms. The predicted octanol–water partition coefficient (Wildman–Crippen LogP) is 7.14. The molecule has 1 aliphatic rings. The standard InChI is InChI=1S/C34H38N2O3/c1-24-17-18-29(21-33(24)39-23-34(37)38-3)36-22-26(20-28-12-5-7-16-32(28)36)10-9-19-35-25(2)30-15-8-13-27-11-4-6-14-31(27)30/h4-8,11-18,21,25-26,35H,9-10,19-20,22-23H2,1-3H3. The molecular weight excluding hydrogens is 484 g/mol. The van der Waals surface area contributed by atoms with Crippen molar-refractivity contribution in [3.63, 3.8) is 0 Å². The van der Waals surface area contributed by atoms with Gasteiger partial charge in [0, 0.05) is 30.0 Å². The van der Waals surface area contributed by atoms with Crippen LogP contribution in [-0.4, -0.2) is 32.8 Å². The van der Waals surface area contributed by atoms with Crippen molar-refractivity contribution in [1.29, 1.82) is 0 Å². The zero-order valence-corrected chi connectivity index (χ0v) is 23.2. The number of carbonyl (C=O) groups is 1. The summed E-state index contributed by atoms with van der Waals surface area (Å²) in [5.74, 6) is 0.881. The normalized spacial score (nSPS) is 15.6. The highest BCUT2D eigenvalue weighted by Gasteiger charge is 2.25. The first-order valence-electron chi connectivity index (χ1n) is 13.9. The van der Waals surface area contributed by atoms with Gasteiger partial charge in [-0.05, 0) is 85.2 Å². The van der Waals surface area contributed by atoms with Gasteiger partial charge in [0.1, 0.15) is 5.75 Å². The fourth-order valence-corrected chi connectivity index (χ4v) is 5.67. The van der Waals surface area contributed by atoms with Crippen LogP contribution in [0.1, 0.15) is 42.5 Å². The Morgan fingerprint density at radius 3 is 2.69 bits per heavy atom. The summed E-state index contributed by atoms with van der Waals surface area (Å²) in [6.07, 6.45) is 3.36. The van der Waals surface area contributed by atoms with E-state index in [1.54, 1.807) is 0 Å². The quantitative estimate of drug-likeness (QED) is 0.177. The third kappa shape index (κ3) is 6.26. The molecule has 4 aromatic rings. The van der Waals surface area contributed by atoms with Gasteiger partial charge in [0.05, 0.1) is 7.11 Å². The number of aryl methyl sites for hydroxylation is 1. The Balaban J connectivity index is 1.24. The highest BCUT2D eigenvalue weighted by atomic mass is 16.6. The summed E-state index contributed by atoms with van der Waals surface area (Å²) in [5, 5.41) is 6.38. The molecule has 2 atom stereocenters. The smallest absolute Gasteiger partial charge is 0.343 e. The van der Waals surface area contributed by atoms with Gasteiger partial charge in [-0.15, -0.1) is 0 Å². The van der Waals surface area contributed by atoms with Gasteiger partial charge in [-0.3, -0.25) is 0 Å². The van der Waals surface area contributed by atoms with E-state index in [-0.39, 0.29) is 12.6 Å². The van der Waals surface area contributed by atoms with Crippen LogP contribution in [0.3, 0.4) is 0 Å². The van der Waals surface area contributed by atoms with Crippen LogP contribution in [-0.2, 0) is 16.0 Å². The Morgan fingerprint density at radius 1 is 1.03 bits per heavy atom. The van der Waals surface area contributed by atoms with Crippen LogP contribution < -0.4 is 15.0 Å². The number of rotatable bonds is 10. The van der Waals surface area contributed by atoms with Gasteiger partial charge in [0.25, 0.3) is 0 Å². The van der Waals surface area contributed by atoms with Crippen molar-refractivity contribution in [2.45, 2.75) is 39.2 Å². The number of esters is 1. The van der Waals surface area contributed by atoms with Gasteiger partial charge in [-0.2, -0.15) is 0 Å². The number of fused-ring (bicyclic) bond motifs is 2. The molecule has 1 aliphatic heterocycles. The Hall–Kier alpha value is -3.83. The molecule has 39 heavy (non-hydrogen) atoms. The number of nitrogens with one attached hydrogen (secondary N) is 1. The summed E-state index contributed by atoms with van der Waals surface area (Å²) in [4.78, 5) is 14.0. The Labute approximate surface area is 231 Å². The fourth-order valence-electron chi connectivity index (χ4n) is 5.67. The zero-order valence-electron chi connectivity index (χ0n) is 23.2. The molecule has 0 saturated heterocycles. The van der Waals surface area contributed by atoms with Crippen LogP contribution in [0.2, 0.25) is 0 Å². The monoisotopic (exact) mass is 522 g/mol. The second-order valence-corrected chi connectivity index (χ2v) is 10.5. The topological polar surface area (TPSA) is 50.8 Å². The van der Waals surface area contributed by atoms with Crippen molar-refractivity contribution in [2.24, 2.45) is 5.92 Å². The lowest BCUT2D eigenvalue weighted by Gasteiger charge is -2.36. The number of methoxy groups -OCH3 is 1. The van der Waals surface area contributed by atoms with Gasteiger partial charge in [0.2, 0.25) is 0 Å². The van der Waals surface area contributed by atoms with Crippen LogP contribution in [0.15, 0.2) is 84.9 Å². The van der Waals surface area contributed by atoms with Crippen LogP contribution in [0.5, 0.6) is 5.75 Å². The zero-order chi connectivity index (χ0) is 27.2. The summed E-state index contributed by atoms with van der Waals surface area (Å²) in [7, 11) is 1.37. The van der Waals surface area contributed by atoms with Gasteiger partial charge in [-0.25, -0.2) is 4.79 Å². The van der Waals surface area contributed by atoms with E-state index in [9.17, 15) is 4.79 Å². The molecule has 0 saturated carbocycles. The lowest BCUT2D eigenvalue weighted by Crippen LogP contribution is -2.32. The molecule has 0 aliphatic carbocycles. The number of hydrogen-bond donors (Lipinski definition) is 1. The average molecular weight is 523 g/mol. The van der Waals surface area contributed by atoms with Crippen LogP contribution in [0.4, 0.5) is 11.4 Å². The molecule has 0 amide bonds. The third-order valence-corrected chi connectivity index (χ3v) is 7.82. The Kier molecular flexibility index (Phi) is 8.48. The first kappa shape index (κ1) is 26.8. The van der Waals surface area contributed by atoms with Crippen LogP contribution in [0, 0.1) is 12.8 Å². The van der Waals surface area contributed by atoms with Crippen molar-refractivity contribution < 1.29 is 14.3 Å². The minimum Gasteiger partial charge on any atom is -0.482 e. The molecule has 5 nitrogen and oxygen atoms in total. The number of benzene rings is 4. The second kappa shape index (κ2) is 12.4. The maximum atomic E-state index is 11.6. The van der Waals surface area contributed by atoms with E-state index in [0.717, 1.165) is 43.6 Å². The van der Waals surface area contributed by atoms with Crippen molar-refractivity contribution in [3.05, 3.63) is 102 Å². The van der Waals surface area contributed by atoms with Gasteiger partial charge in [0.15, 0.2) is 6.61 Å². The number of nitrogens with zero attached hydrogens (tertiary/aromatic N) is 1. The summed E-state index contributed by atoms with van der Waals surface area (Å²) < 4.78 is 10.5. The number of hydrogen-bond acceptors (Lipinski definition) is 5. The van der Waals surface area contributed by atoms with Crippen LogP contribution in [0.25, 0.3) is 10.8 Å². The van der Waals surface area contributed by atoms with E-state index in [1.165, 1.54) is 34.7 Å². The molecule has 0 radical (unpaired) electrons. The van der Waals surface area contributed by atoms with Crippen LogP contribution >= 0.6 is 0 Å². The first-order valence-corrected chi connectivity index (χ1v) is 13.9. The number of ether oxygens (including phenoxy) is 2.